The molecule has 0 aliphatic heterocycles. The van der Waals surface area contributed by atoms with Crippen LogP contribution in [0.15, 0.2) is 77.0 Å². The SMILES string of the molecule is C/C(O)=C(/C(=O)OC(C)C)C(=NCc1ccccc1)c1ccccc1. The number of aliphatic hydroxyl groups is 1. The number of hydrogen-bond acceptors (Lipinski definition) is 4. The van der Waals surface area contributed by atoms with E-state index in [1.165, 1.54) is 6.92 Å². The molecule has 0 aliphatic carbocycles. The first kappa shape index (κ1) is 18.5. The topological polar surface area (TPSA) is 58.9 Å². The smallest absolute Gasteiger partial charge is 0.344 e. The molecule has 0 bridgehead atoms. The maximum atomic E-state index is 12.5. The van der Waals surface area contributed by atoms with Crippen molar-refractivity contribution in [3.63, 3.8) is 0 Å². The molecule has 2 aromatic carbocycles. The zero-order chi connectivity index (χ0) is 18.2. The Morgan fingerprint density at radius 1 is 1.04 bits per heavy atom. The second-order valence-electron chi connectivity index (χ2n) is 5.93. The molecule has 25 heavy (non-hydrogen) atoms. The van der Waals surface area contributed by atoms with Crippen LogP contribution in [0.3, 0.4) is 0 Å². The number of rotatable bonds is 6. The highest BCUT2D eigenvalue weighted by Gasteiger charge is 2.23. The van der Waals surface area contributed by atoms with Crippen LogP contribution in [0.25, 0.3) is 0 Å². The van der Waals surface area contributed by atoms with Crippen molar-refractivity contribution < 1.29 is 14.6 Å². The van der Waals surface area contributed by atoms with Crippen molar-refractivity contribution in [2.24, 2.45) is 4.99 Å². The van der Waals surface area contributed by atoms with E-state index in [4.69, 9.17) is 4.74 Å². The van der Waals surface area contributed by atoms with Crippen molar-refractivity contribution in [2.75, 3.05) is 0 Å². The van der Waals surface area contributed by atoms with Crippen molar-refractivity contribution >= 4 is 11.7 Å². The molecule has 0 atom stereocenters. The molecule has 4 nitrogen and oxygen atoms in total. The van der Waals surface area contributed by atoms with Crippen molar-refractivity contribution in [2.45, 2.75) is 33.4 Å². The fourth-order valence-electron chi connectivity index (χ4n) is 2.35. The second-order valence-corrected chi connectivity index (χ2v) is 5.93. The summed E-state index contributed by atoms with van der Waals surface area (Å²) in [5, 5.41) is 10.1. The van der Waals surface area contributed by atoms with Gasteiger partial charge in [0, 0.05) is 5.56 Å². The Labute approximate surface area is 148 Å². The number of aliphatic imine (C=N–C) groups is 1. The average molecular weight is 337 g/mol. The van der Waals surface area contributed by atoms with Crippen LogP contribution >= 0.6 is 0 Å². The van der Waals surface area contributed by atoms with Gasteiger partial charge in [0.2, 0.25) is 0 Å². The van der Waals surface area contributed by atoms with E-state index in [1.807, 2.05) is 60.7 Å². The molecule has 0 amide bonds. The fraction of sp³-hybridized carbons (Fsp3) is 0.238. The van der Waals surface area contributed by atoms with Gasteiger partial charge in [-0.15, -0.1) is 0 Å². The number of aliphatic hydroxyl groups excluding tert-OH is 1. The van der Waals surface area contributed by atoms with Crippen LogP contribution in [0, 0.1) is 0 Å². The van der Waals surface area contributed by atoms with Crippen molar-refractivity contribution in [1.82, 2.24) is 0 Å². The summed E-state index contributed by atoms with van der Waals surface area (Å²) in [5.74, 6) is -0.688. The lowest BCUT2D eigenvalue weighted by molar-refractivity contribution is -0.142. The van der Waals surface area contributed by atoms with E-state index in [2.05, 4.69) is 4.99 Å². The molecule has 0 aliphatic rings. The van der Waals surface area contributed by atoms with Crippen LogP contribution in [0.5, 0.6) is 0 Å². The van der Waals surface area contributed by atoms with Gasteiger partial charge in [0.1, 0.15) is 11.3 Å². The third kappa shape index (κ3) is 5.31. The van der Waals surface area contributed by atoms with E-state index in [0.717, 1.165) is 11.1 Å². The van der Waals surface area contributed by atoms with Gasteiger partial charge in [-0.25, -0.2) is 4.79 Å². The van der Waals surface area contributed by atoms with Gasteiger partial charge >= 0.3 is 5.97 Å². The van der Waals surface area contributed by atoms with Crippen LogP contribution in [-0.4, -0.2) is 22.9 Å². The monoisotopic (exact) mass is 337 g/mol. The highest BCUT2D eigenvalue weighted by molar-refractivity contribution is 6.27. The molecule has 0 heterocycles. The van der Waals surface area contributed by atoms with E-state index >= 15 is 0 Å². The highest BCUT2D eigenvalue weighted by Crippen LogP contribution is 2.17. The lowest BCUT2D eigenvalue weighted by Gasteiger charge is -2.14. The Kier molecular flexibility index (Phi) is 6.52. The minimum Gasteiger partial charge on any atom is -0.512 e. The summed E-state index contributed by atoms with van der Waals surface area (Å²) in [6, 6.07) is 19.1. The van der Waals surface area contributed by atoms with Crippen LogP contribution in [0.1, 0.15) is 31.9 Å². The van der Waals surface area contributed by atoms with Gasteiger partial charge in [0.05, 0.1) is 18.4 Å². The number of allylic oxidation sites excluding steroid dienone is 1. The molecule has 2 rings (SSSR count). The quantitative estimate of drug-likeness (QED) is 0.366. The average Bonchev–Trinajstić information content (AvgIpc) is 2.59. The number of carbonyl (C=O) groups excluding carboxylic acids is 1. The van der Waals surface area contributed by atoms with E-state index in [-0.39, 0.29) is 17.4 Å². The molecule has 0 fully saturated rings. The zero-order valence-corrected chi connectivity index (χ0v) is 14.8. The minimum absolute atomic E-state index is 0.0934. The lowest BCUT2D eigenvalue weighted by Crippen LogP contribution is -2.22. The fourth-order valence-corrected chi connectivity index (χ4v) is 2.35. The normalized spacial score (nSPS) is 12.7. The third-order valence-electron chi connectivity index (χ3n) is 3.46. The molecule has 0 aromatic heterocycles. The predicted octanol–water partition coefficient (Wildman–Crippen LogP) is 4.46. The zero-order valence-electron chi connectivity index (χ0n) is 14.8. The summed E-state index contributed by atoms with van der Waals surface area (Å²) in [4.78, 5) is 17.1. The Morgan fingerprint density at radius 3 is 2.12 bits per heavy atom. The van der Waals surface area contributed by atoms with Crippen LogP contribution in [0.2, 0.25) is 0 Å². The van der Waals surface area contributed by atoms with E-state index in [0.29, 0.717) is 12.3 Å². The molecule has 0 spiro atoms. The van der Waals surface area contributed by atoms with E-state index < -0.39 is 5.97 Å². The molecule has 0 unspecified atom stereocenters. The predicted molar refractivity (Wildman–Crippen MR) is 99.7 cm³/mol. The molecule has 2 aromatic rings. The highest BCUT2D eigenvalue weighted by atomic mass is 16.5. The maximum Gasteiger partial charge on any atom is 0.344 e. The first-order valence-electron chi connectivity index (χ1n) is 8.24. The van der Waals surface area contributed by atoms with E-state index in [1.54, 1.807) is 13.8 Å². The number of carbonyl (C=O) groups is 1. The second kappa shape index (κ2) is 8.83. The van der Waals surface area contributed by atoms with Gasteiger partial charge in [-0.3, -0.25) is 4.99 Å². The molecule has 4 heteroatoms. The van der Waals surface area contributed by atoms with Gasteiger partial charge in [-0.2, -0.15) is 0 Å². The van der Waals surface area contributed by atoms with Crippen LogP contribution in [0.4, 0.5) is 0 Å². The minimum atomic E-state index is -0.578. The lowest BCUT2D eigenvalue weighted by atomic mass is 10.0. The number of benzene rings is 2. The Balaban J connectivity index is 2.46. The molecule has 130 valence electrons. The summed E-state index contributed by atoms with van der Waals surface area (Å²) in [7, 11) is 0. The van der Waals surface area contributed by atoms with E-state index in [9.17, 15) is 9.90 Å². The first-order chi connectivity index (χ1) is 12.0. The molecule has 0 saturated carbocycles. The van der Waals surface area contributed by atoms with Crippen LogP contribution < -0.4 is 0 Å². The van der Waals surface area contributed by atoms with Gasteiger partial charge in [-0.05, 0) is 26.3 Å². The Morgan fingerprint density at radius 2 is 1.60 bits per heavy atom. The van der Waals surface area contributed by atoms with Crippen molar-refractivity contribution in [1.29, 1.82) is 0 Å². The molecule has 0 radical (unpaired) electrons. The van der Waals surface area contributed by atoms with Gasteiger partial charge in [0.25, 0.3) is 0 Å². The molecule has 1 N–H and O–H groups in total. The van der Waals surface area contributed by atoms with Crippen molar-refractivity contribution in [3.8, 4) is 0 Å². The third-order valence-corrected chi connectivity index (χ3v) is 3.46. The number of hydrogen-bond donors (Lipinski definition) is 1. The number of nitrogens with zero attached hydrogens (tertiary/aromatic N) is 1. The molecular weight excluding hydrogens is 314 g/mol. The van der Waals surface area contributed by atoms with Gasteiger partial charge in [-0.1, -0.05) is 60.7 Å². The molecule has 0 saturated heterocycles. The van der Waals surface area contributed by atoms with Crippen molar-refractivity contribution in [3.05, 3.63) is 83.1 Å². The molecular formula is C21H23NO3. The first-order valence-corrected chi connectivity index (χ1v) is 8.24. The van der Waals surface area contributed by atoms with Crippen LogP contribution in [-0.2, 0) is 16.1 Å². The number of esters is 1. The maximum absolute atomic E-state index is 12.5. The summed E-state index contributed by atoms with van der Waals surface area (Å²) in [6.45, 7) is 5.41. The Bertz CT molecular complexity index is 758. The standard InChI is InChI=1S/C21H23NO3/c1-15(2)25-21(24)19(16(3)23)20(18-12-8-5-9-13-18)22-14-17-10-6-4-7-11-17/h4-13,15,23H,14H2,1-3H3/b19-16-,22-20?. The summed E-state index contributed by atoms with van der Waals surface area (Å²) >= 11 is 0. The van der Waals surface area contributed by atoms with Gasteiger partial charge in [0.15, 0.2) is 0 Å². The Hall–Kier alpha value is -2.88. The van der Waals surface area contributed by atoms with Gasteiger partial charge < -0.3 is 9.84 Å². The summed E-state index contributed by atoms with van der Waals surface area (Å²) in [6.07, 6.45) is -0.284. The summed E-state index contributed by atoms with van der Waals surface area (Å²) < 4.78 is 5.29. The largest absolute Gasteiger partial charge is 0.512 e. The summed E-state index contributed by atoms with van der Waals surface area (Å²) in [5.41, 5.74) is 2.29. The number of ether oxygens (including phenoxy) is 1.